The number of hydrogen-bond acceptors (Lipinski definition) is 3. The van der Waals surface area contributed by atoms with E-state index in [0.717, 1.165) is 15.6 Å². The van der Waals surface area contributed by atoms with Crippen LogP contribution in [0, 0.1) is 5.82 Å². The van der Waals surface area contributed by atoms with Crippen molar-refractivity contribution in [3.05, 3.63) is 52.0 Å². The van der Waals surface area contributed by atoms with Crippen molar-refractivity contribution in [1.29, 1.82) is 0 Å². The standard InChI is InChI=1S/C12H14BrFN4/c1-18-7-8(6-16-18)4-12(17-15)10-5-9(14)2-3-11(10)13/h2-3,5-7,12,17H,4,15H2,1H3. The third-order valence-electron chi connectivity index (χ3n) is 2.73. The molecule has 1 heterocycles. The summed E-state index contributed by atoms with van der Waals surface area (Å²) < 4.78 is 15.8. The van der Waals surface area contributed by atoms with Crippen LogP contribution < -0.4 is 11.3 Å². The average molecular weight is 313 g/mol. The summed E-state index contributed by atoms with van der Waals surface area (Å²) in [6, 6.07) is 4.40. The molecule has 0 fully saturated rings. The minimum atomic E-state index is -0.278. The average Bonchev–Trinajstić information content (AvgIpc) is 2.75. The largest absolute Gasteiger partial charge is 0.276 e. The van der Waals surface area contributed by atoms with Gasteiger partial charge >= 0.3 is 0 Å². The number of nitrogens with zero attached hydrogens (tertiary/aromatic N) is 2. The van der Waals surface area contributed by atoms with Gasteiger partial charge in [-0.3, -0.25) is 16.0 Å². The van der Waals surface area contributed by atoms with E-state index in [-0.39, 0.29) is 11.9 Å². The first-order valence-corrected chi connectivity index (χ1v) is 6.28. The molecule has 0 aliphatic heterocycles. The predicted octanol–water partition coefficient (Wildman–Crippen LogP) is 2.07. The Balaban J connectivity index is 2.25. The number of rotatable bonds is 4. The summed E-state index contributed by atoms with van der Waals surface area (Å²) in [7, 11) is 1.85. The Morgan fingerprint density at radius 3 is 2.94 bits per heavy atom. The van der Waals surface area contributed by atoms with Gasteiger partial charge in [0.15, 0.2) is 0 Å². The molecular weight excluding hydrogens is 299 g/mol. The lowest BCUT2D eigenvalue weighted by molar-refractivity contribution is 0.542. The lowest BCUT2D eigenvalue weighted by atomic mass is 10.0. The van der Waals surface area contributed by atoms with E-state index in [1.165, 1.54) is 12.1 Å². The van der Waals surface area contributed by atoms with E-state index < -0.39 is 0 Å². The van der Waals surface area contributed by atoms with Crippen LogP contribution in [0.1, 0.15) is 17.2 Å². The predicted molar refractivity (Wildman–Crippen MR) is 71.1 cm³/mol. The van der Waals surface area contributed by atoms with Crippen LogP contribution in [0.2, 0.25) is 0 Å². The Morgan fingerprint density at radius 2 is 2.33 bits per heavy atom. The molecule has 0 aliphatic rings. The summed E-state index contributed by atoms with van der Waals surface area (Å²) >= 11 is 3.41. The topological polar surface area (TPSA) is 55.9 Å². The zero-order chi connectivity index (χ0) is 13.1. The fourth-order valence-electron chi connectivity index (χ4n) is 1.85. The molecule has 1 atom stereocenters. The smallest absolute Gasteiger partial charge is 0.123 e. The molecule has 1 unspecified atom stereocenters. The number of aryl methyl sites for hydroxylation is 1. The molecule has 0 bridgehead atoms. The van der Waals surface area contributed by atoms with E-state index in [1.54, 1.807) is 16.9 Å². The number of hydrazine groups is 1. The number of benzene rings is 1. The zero-order valence-electron chi connectivity index (χ0n) is 9.90. The summed E-state index contributed by atoms with van der Waals surface area (Å²) in [6.45, 7) is 0. The van der Waals surface area contributed by atoms with Crippen LogP contribution in [0.4, 0.5) is 4.39 Å². The molecule has 18 heavy (non-hydrogen) atoms. The molecule has 0 amide bonds. The Morgan fingerprint density at radius 1 is 1.56 bits per heavy atom. The van der Waals surface area contributed by atoms with Crippen LogP contribution in [0.15, 0.2) is 35.1 Å². The minimum Gasteiger partial charge on any atom is -0.276 e. The highest BCUT2D eigenvalue weighted by atomic mass is 79.9. The van der Waals surface area contributed by atoms with Crippen LogP contribution in [-0.2, 0) is 13.5 Å². The third-order valence-corrected chi connectivity index (χ3v) is 3.45. The molecule has 0 radical (unpaired) electrons. The van der Waals surface area contributed by atoms with Gasteiger partial charge in [0.1, 0.15) is 5.82 Å². The van der Waals surface area contributed by atoms with Gasteiger partial charge in [0.05, 0.1) is 12.2 Å². The normalized spacial score (nSPS) is 12.7. The van der Waals surface area contributed by atoms with E-state index >= 15 is 0 Å². The van der Waals surface area contributed by atoms with Gasteiger partial charge in [-0.15, -0.1) is 0 Å². The van der Waals surface area contributed by atoms with E-state index in [0.29, 0.717) is 6.42 Å². The van der Waals surface area contributed by atoms with E-state index in [2.05, 4.69) is 26.5 Å². The zero-order valence-corrected chi connectivity index (χ0v) is 11.5. The molecule has 1 aromatic carbocycles. The highest BCUT2D eigenvalue weighted by Gasteiger charge is 2.15. The summed E-state index contributed by atoms with van der Waals surface area (Å²) in [4.78, 5) is 0. The van der Waals surface area contributed by atoms with E-state index in [9.17, 15) is 4.39 Å². The van der Waals surface area contributed by atoms with Crippen molar-refractivity contribution >= 4 is 15.9 Å². The van der Waals surface area contributed by atoms with Crippen molar-refractivity contribution < 1.29 is 4.39 Å². The van der Waals surface area contributed by atoms with Gasteiger partial charge in [-0.2, -0.15) is 5.10 Å². The van der Waals surface area contributed by atoms with Gasteiger partial charge in [-0.1, -0.05) is 15.9 Å². The lowest BCUT2D eigenvalue weighted by Gasteiger charge is -2.17. The van der Waals surface area contributed by atoms with Gasteiger partial charge in [0, 0.05) is 17.7 Å². The minimum absolute atomic E-state index is 0.167. The van der Waals surface area contributed by atoms with E-state index in [1.807, 2.05) is 13.2 Å². The molecule has 2 rings (SSSR count). The van der Waals surface area contributed by atoms with Crippen LogP contribution >= 0.6 is 15.9 Å². The van der Waals surface area contributed by atoms with Crippen molar-refractivity contribution in [3.63, 3.8) is 0 Å². The molecule has 3 N–H and O–H groups in total. The maximum absolute atomic E-state index is 13.3. The van der Waals surface area contributed by atoms with Gasteiger partial charge in [0.25, 0.3) is 0 Å². The van der Waals surface area contributed by atoms with Gasteiger partial charge in [0.2, 0.25) is 0 Å². The molecule has 0 saturated heterocycles. The molecular formula is C12H14BrFN4. The third kappa shape index (κ3) is 2.95. The SMILES string of the molecule is Cn1cc(CC(NN)c2cc(F)ccc2Br)cn1. The quantitative estimate of drug-likeness (QED) is 0.671. The Labute approximate surface area is 113 Å². The number of halogens is 2. The number of hydrogen-bond donors (Lipinski definition) is 2. The molecule has 0 aliphatic carbocycles. The fraction of sp³-hybridized carbons (Fsp3) is 0.250. The van der Waals surface area contributed by atoms with E-state index in [4.69, 9.17) is 5.84 Å². The Hall–Kier alpha value is -1.24. The molecule has 6 heteroatoms. The van der Waals surface area contributed by atoms with Crippen LogP contribution in [0.5, 0.6) is 0 Å². The van der Waals surface area contributed by atoms with Gasteiger partial charge in [-0.25, -0.2) is 4.39 Å². The fourth-order valence-corrected chi connectivity index (χ4v) is 2.38. The molecule has 2 aromatic rings. The summed E-state index contributed by atoms with van der Waals surface area (Å²) in [5.41, 5.74) is 4.54. The van der Waals surface area contributed by atoms with Crippen LogP contribution in [0.25, 0.3) is 0 Å². The molecule has 4 nitrogen and oxygen atoms in total. The Kier molecular flexibility index (Phi) is 4.11. The van der Waals surface area contributed by atoms with Crippen molar-refractivity contribution in [2.45, 2.75) is 12.5 Å². The second kappa shape index (κ2) is 5.60. The summed E-state index contributed by atoms with van der Waals surface area (Å²) in [5.74, 6) is 5.28. The highest BCUT2D eigenvalue weighted by Crippen LogP contribution is 2.26. The highest BCUT2D eigenvalue weighted by molar-refractivity contribution is 9.10. The maximum Gasteiger partial charge on any atom is 0.123 e. The van der Waals surface area contributed by atoms with Crippen molar-refractivity contribution in [2.75, 3.05) is 0 Å². The summed E-state index contributed by atoms with van der Waals surface area (Å²) in [5, 5.41) is 4.10. The van der Waals surface area contributed by atoms with Crippen molar-refractivity contribution in [3.8, 4) is 0 Å². The van der Waals surface area contributed by atoms with Crippen LogP contribution in [-0.4, -0.2) is 9.78 Å². The molecule has 1 aromatic heterocycles. The number of nitrogens with two attached hydrogens (primary N) is 1. The van der Waals surface area contributed by atoms with Crippen molar-refractivity contribution in [1.82, 2.24) is 15.2 Å². The molecule has 0 spiro atoms. The molecule has 96 valence electrons. The van der Waals surface area contributed by atoms with Gasteiger partial charge in [-0.05, 0) is 35.7 Å². The van der Waals surface area contributed by atoms with Crippen molar-refractivity contribution in [2.24, 2.45) is 12.9 Å². The lowest BCUT2D eigenvalue weighted by Crippen LogP contribution is -2.29. The number of aromatic nitrogens is 2. The first-order chi connectivity index (χ1) is 8.60. The number of nitrogens with one attached hydrogen (secondary N) is 1. The second-order valence-electron chi connectivity index (χ2n) is 4.11. The molecule has 0 saturated carbocycles. The second-order valence-corrected chi connectivity index (χ2v) is 4.97. The monoisotopic (exact) mass is 312 g/mol. The van der Waals surface area contributed by atoms with Crippen LogP contribution in [0.3, 0.4) is 0 Å². The van der Waals surface area contributed by atoms with Gasteiger partial charge < -0.3 is 0 Å². The first-order valence-electron chi connectivity index (χ1n) is 5.48. The first kappa shape index (κ1) is 13.2. The Bertz CT molecular complexity index is 541. The maximum atomic E-state index is 13.3. The summed E-state index contributed by atoms with van der Waals surface area (Å²) in [6.07, 6.45) is 4.33.